The number of hydrogen-bond acceptors (Lipinski definition) is 7. The van der Waals surface area contributed by atoms with Gasteiger partial charge in [-0.05, 0) is 23.8 Å². The van der Waals surface area contributed by atoms with Gasteiger partial charge in [0.15, 0.2) is 0 Å². The minimum absolute atomic E-state index is 0.0993. The summed E-state index contributed by atoms with van der Waals surface area (Å²) in [6, 6.07) is 5.07. The van der Waals surface area contributed by atoms with Gasteiger partial charge in [0.2, 0.25) is 5.91 Å². The van der Waals surface area contributed by atoms with Crippen LogP contribution in [-0.4, -0.2) is 24.0 Å². The Hall–Kier alpha value is -2.74. The number of nitrogens with one attached hydrogen (secondary N) is 1. The average molecular weight is 583 g/mol. The first kappa shape index (κ1) is 26.9. The molecular weight excluding hydrogens is 570 g/mol. The van der Waals surface area contributed by atoms with E-state index >= 15 is 0 Å². The average Bonchev–Trinajstić information content (AvgIpc) is 3.54. The molecule has 2 amide bonds. The summed E-state index contributed by atoms with van der Waals surface area (Å²) in [5.41, 5.74) is -3.83. The lowest BCUT2D eigenvalue weighted by atomic mass is 9.99. The molecule has 1 aliphatic rings. The normalized spacial score (nSPS) is 16.0. The van der Waals surface area contributed by atoms with E-state index in [1.165, 1.54) is 6.07 Å². The molecule has 2 aromatic carbocycles. The highest BCUT2D eigenvalue weighted by atomic mass is 79.9. The van der Waals surface area contributed by atoms with Gasteiger partial charge in [0, 0.05) is 35.2 Å². The van der Waals surface area contributed by atoms with Crippen LogP contribution in [0.15, 0.2) is 57.2 Å². The summed E-state index contributed by atoms with van der Waals surface area (Å²) in [6.07, 6.45) is -5.18. The zero-order valence-electron chi connectivity index (χ0n) is 17.1. The molecule has 0 saturated carbocycles. The van der Waals surface area contributed by atoms with Gasteiger partial charge in [-0.3, -0.25) is 9.59 Å². The third-order valence-electron chi connectivity index (χ3n) is 4.99. The summed E-state index contributed by atoms with van der Waals surface area (Å²) in [4.78, 5) is 46.0. The smallest absolute Gasteiger partial charge is 0.442 e. The predicted octanol–water partition coefficient (Wildman–Crippen LogP) is 2.42. The van der Waals surface area contributed by atoms with E-state index in [1.54, 1.807) is 0 Å². The maximum atomic E-state index is 13.7. The summed E-state index contributed by atoms with van der Waals surface area (Å²) in [7, 11) is -6.28. The van der Waals surface area contributed by atoms with E-state index in [4.69, 9.17) is 5.73 Å². The number of alkyl halides is 5. The fourth-order valence-corrected chi connectivity index (χ4v) is 4.02. The van der Waals surface area contributed by atoms with E-state index in [9.17, 15) is 45.9 Å². The Labute approximate surface area is 201 Å². The van der Waals surface area contributed by atoms with Crippen LogP contribution in [0.5, 0.6) is 0 Å². The Morgan fingerprint density at radius 2 is 1.66 bits per heavy atom. The number of nitrogens with zero attached hydrogens (tertiary/aromatic N) is 2. The Bertz CT molecular complexity index is 1240. The number of primary amides is 1. The molecule has 0 saturated heterocycles. The number of nitrogens with two attached hydrogens (primary N) is 1. The molecule has 0 fully saturated rings. The highest BCUT2D eigenvalue weighted by Gasteiger charge is 2.65. The Kier molecular flexibility index (Phi) is 6.94. The number of halogens is 6. The minimum Gasteiger partial charge on any atom is -0.806 e. The van der Waals surface area contributed by atoms with E-state index in [0.717, 1.165) is 24.3 Å². The van der Waals surface area contributed by atoms with E-state index in [2.05, 4.69) is 31.5 Å². The summed E-state index contributed by atoms with van der Waals surface area (Å²) in [5, 5.41) is 8.38. The molecule has 0 unspecified atom stereocenters. The highest BCUT2D eigenvalue weighted by Crippen LogP contribution is 2.53. The van der Waals surface area contributed by atoms with E-state index in [1.807, 2.05) is 0 Å². The van der Waals surface area contributed by atoms with Gasteiger partial charge in [-0.1, -0.05) is 40.2 Å². The summed E-state index contributed by atoms with van der Waals surface area (Å²) >= 11 is 3.01. The number of benzene rings is 2. The van der Waals surface area contributed by atoms with Crippen LogP contribution in [0.1, 0.15) is 27.0 Å². The third-order valence-corrected chi connectivity index (χ3v) is 6.40. The standard InChI is InChI=1S/C19H15BrF5N4O5P/c20-13-7-10(6-12(8-13)17(28-29-17)19(23,24)25)16(31)27-14(15(26)30)5-9-1-3-11(4-2-9)18(21,22)35(32,33)34/h1-4,6-8,14H,5H2,(H2,26,30)(H,27,31)(H2,32,33,34)/p-2/t14-/m0/s1. The number of carbonyl (C=O) groups excluding carboxylic acids is 2. The molecule has 188 valence electrons. The van der Waals surface area contributed by atoms with Crippen molar-refractivity contribution in [1.29, 1.82) is 0 Å². The van der Waals surface area contributed by atoms with Gasteiger partial charge >= 0.3 is 11.8 Å². The zero-order valence-corrected chi connectivity index (χ0v) is 19.5. The largest absolute Gasteiger partial charge is 0.806 e. The van der Waals surface area contributed by atoms with Gasteiger partial charge in [0.1, 0.15) is 6.04 Å². The lowest BCUT2D eigenvalue weighted by Gasteiger charge is -2.37. The SMILES string of the molecule is NC(=O)[C@H](Cc1ccc(C(F)(F)P(=O)([O-])[O-])cc1)NC(=O)c1cc(Br)cc(C2(C(F)(F)F)N=N2)c1. The summed E-state index contributed by atoms with van der Waals surface area (Å²) < 4.78 is 78.1. The second-order valence-electron chi connectivity index (χ2n) is 7.47. The quantitative estimate of drug-likeness (QED) is 0.360. The molecular formula is C19H13BrF5N4O5P-2. The van der Waals surface area contributed by atoms with Crippen LogP contribution in [0.4, 0.5) is 22.0 Å². The van der Waals surface area contributed by atoms with Crippen molar-refractivity contribution in [3.63, 3.8) is 0 Å². The highest BCUT2D eigenvalue weighted by molar-refractivity contribution is 9.10. The number of rotatable bonds is 8. The molecule has 1 aliphatic heterocycles. The van der Waals surface area contributed by atoms with Crippen molar-refractivity contribution < 1.29 is 45.9 Å². The molecule has 35 heavy (non-hydrogen) atoms. The van der Waals surface area contributed by atoms with Crippen LogP contribution < -0.4 is 20.8 Å². The van der Waals surface area contributed by atoms with Crippen molar-refractivity contribution in [3.05, 3.63) is 69.2 Å². The molecule has 1 atom stereocenters. The van der Waals surface area contributed by atoms with Gasteiger partial charge in [0.05, 0.1) is 0 Å². The monoisotopic (exact) mass is 582 g/mol. The fraction of sp³-hybridized carbons (Fsp3) is 0.263. The van der Waals surface area contributed by atoms with Gasteiger partial charge < -0.3 is 25.4 Å². The zero-order chi connectivity index (χ0) is 26.4. The van der Waals surface area contributed by atoms with Crippen LogP contribution in [0.2, 0.25) is 0 Å². The maximum absolute atomic E-state index is 13.7. The second kappa shape index (κ2) is 9.04. The molecule has 0 radical (unpaired) electrons. The number of hydrogen-bond donors (Lipinski definition) is 2. The summed E-state index contributed by atoms with van der Waals surface area (Å²) in [5.74, 6) is -2.03. The van der Waals surface area contributed by atoms with Crippen LogP contribution >= 0.6 is 23.5 Å². The van der Waals surface area contributed by atoms with Gasteiger partial charge in [0.25, 0.3) is 11.6 Å². The Balaban J connectivity index is 1.79. The minimum atomic E-state index is -6.28. The second-order valence-corrected chi connectivity index (χ2v) is 9.94. The molecule has 16 heteroatoms. The van der Waals surface area contributed by atoms with Crippen molar-refractivity contribution in [3.8, 4) is 0 Å². The van der Waals surface area contributed by atoms with Crippen LogP contribution in [0.25, 0.3) is 0 Å². The fourth-order valence-electron chi connectivity index (χ4n) is 3.06. The van der Waals surface area contributed by atoms with Gasteiger partial charge in [-0.2, -0.15) is 22.0 Å². The van der Waals surface area contributed by atoms with E-state index < -0.39 is 54.1 Å². The molecule has 2 aromatic rings. The van der Waals surface area contributed by atoms with Crippen molar-refractivity contribution in [2.24, 2.45) is 16.0 Å². The maximum Gasteiger partial charge on any atom is 0.442 e. The molecule has 0 aliphatic carbocycles. The first-order chi connectivity index (χ1) is 16.0. The van der Waals surface area contributed by atoms with Crippen LogP contribution in [0, 0.1) is 0 Å². The van der Waals surface area contributed by atoms with Crippen molar-refractivity contribution in [2.75, 3.05) is 0 Å². The Morgan fingerprint density at radius 3 is 2.11 bits per heavy atom. The number of amides is 2. The lowest BCUT2D eigenvalue weighted by Crippen LogP contribution is -2.46. The summed E-state index contributed by atoms with van der Waals surface area (Å²) in [6.45, 7) is 0. The molecule has 0 bridgehead atoms. The molecule has 9 nitrogen and oxygen atoms in total. The van der Waals surface area contributed by atoms with Crippen molar-refractivity contribution >= 4 is 35.3 Å². The van der Waals surface area contributed by atoms with Crippen molar-refractivity contribution in [1.82, 2.24) is 5.32 Å². The van der Waals surface area contributed by atoms with E-state index in [0.29, 0.717) is 12.1 Å². The van der Waals surface area contributed by atoms with Gasteiger partial charge in [-0.15, -0.1) is 10.2 Å². The van der Waals surface area contributed by atoms with E-state index in [-0.39, 0.29) is 22.0 Å². The number of carbonyl (C=O) groups is 2. The van der Waals surface area contributed by atoms with Crippen molar-refractivity contribution in [2.45, 2.75) is 30.0 Å². The lowest BCUT2D eigenvalue weighted by molar-refractivity contribution is -0.335. The predicted molar refractivity (Wildman–Crippen MR) is 109 cm³/mol. The molecule has 1 heterocycles. The third kappa shape index (κ3) is 5.42. The first-order valence-corrected chi connectivity index (χ1v) is 11.7. The molecule has 3 rings (SSSR count). The Morgan fingerprint density at radius 1 is 1.09 bits per heavy atom. The first-order valence-electron chi connectivity index (χ1n) is 9.39. The van der Waals surface area contributed by atoms with Crippen LogP contribution in [-0.2, 0) is 27.1 Å². The molecule has 3 N–H and O–H groups in total. The van der Waals surface area contributed by atoms with Gasteiger partial charge in [-0.25, -0.2) is 0 Å². The topological polar surface area (TPSA) is 160 Å². The molecule has 0 spiro atoms. The van der Waals surface area contributed by atoms with Crippen LogP contribution in [0.3, 0.4) is 0 Å². The molecule has 0 aromatic heterocycles.